The summed E-state index contributed by atoms with van der Waals surface area (Å²) >= 11 is 3.57. The molecule has 1 aromatic rings. The Morgan fingerprint density at radius 3 is 2.89 bits per heavy atom. The molecule has 0 radical (unpaired) electrons. The van der Waals surface area contributed by atoms with Crippen LogP contribution in [-0.2, 0) is 0 Å². The molecule has 2 unspecified atom stereocenters. The molecule has 18 heavy (non-hydrogen) atoms. The first kappa shape index (κ1) is 13.9. The predicted octanol–water partition coefficient (Wildman–Crippen LogP) is 3.72. The molecule has 0 amide bonds. The quantitative estimate of drug-likeness (QED) is 0.915. The number of halogens is 1. The highest BCUT2D eigenvalue weighted by Gasteiger charge is 2.24. The molecule has 3 heteroatoms. The Morgan fingerprint density at radius 1 is 1.44 bits per heavy atom. The fourth-order valence-corrected chi connectivity index (χ4v) is 2.89. The second-order valence-electron chi connectivity index (χ2n) is 5.33. The molecular formula is C15H23BrN2. The summed E-state index contributed by atoms with van der Waals surface area (Å²) in [6, 6.07) is 7.87. The Bertz CT molecular complexity index is 405. The van der Waals surface area contributed by atoms with Gasteiger partial charge in [-0.25, -0.2) is 0 Å². The monoisotopic (exact) mass is 310 g/mol. The third-order valence-electron chi connectivity index (χ3n) is 3.76. The SMILES string of the molecule is CCCC1CN(c2ccc(Br)c(C)c2)C(C)CN1. The van der Waals surface area contributed by atoms with Crippen LogP contribution in [0.2, 0.25) is 0 Å². The number of benzene rings is 1. The van der Waals surface area contributed by atoms with E-state index >= 15 is 0 Å². The normalized spacial score (nSPS) is 24.3. The van der Waals surface area contributed by atoms with E-state index in [1.807, 2.05) is 0 Å². The minimum Gasteiger partial charge on any atom is -0.366 e. The largest absolute Gasteiger partial charge is 0.366 e. The van der Waals surface area contributed by atoms with Crippen LogP contribution in [0.4, 0.5) is 5.69 Å². The zero-order valence-corrected chi connectivity index (χ0v) is 13.1. The summed E-state index contributed by atoms with van der Waals surface area (Å²) in [4.78, 5) is 2.54. The average molecular weight is 311 g/mol. The highest BCUT2D eigenvalue weighted by molar-refractivity contribution is 9.10. The molecule has 0 spiro atoms. The fraction of sp³-hybridized carbons (Fsp3) is 0.600. The van der Waals surface area contributed by atoms with E-state index in [9.17, 15) is 0 Å². The second kappa shape index (κ2) is 6.07. The van der Waals surface area contributed by atoms with Gasteiger partial charge in [-0.05, 0) is 44.0 Å². The number of nitrogens with zero attached hydrogens (tertiary/aromatic N) is 1. The van der Waals surface area contributed by atoms with Gasteiger partial charge in [0.2, 0.25) is 0 Å². The van der Waals surface area contributed by atoms with Gasteiger partial charge in [-0.2, -0.15) is 0 Å². The number of hydrogen-bond acceptors (Lipinski definition) is 2. The molecular weight excluding hydrogens is 288 g/mol. The van der Waals surface area contributed by atoms with Crippen molar-refractivity contribution in [2.45, 2.75) is 45.7 Å². The average Bonchev–Trinajstić information content (AvgIpc) is 2.35. The van der Waals surface area contributed by atoms with Crippen LogP contribution in [0.3, 0.4) is 0 Å². The summed E-state index contributed by atoms with van der Waals surface area (Å²) in [5.41, 5.74) is 2.66. The molecule has 1 heterocycles. The van der Waals surface area contributed by atoms with Crippen molar-refractivity contribution in [1.29, 1.82) is 0 Å². The van der Waals surface area contributed by atoms with Gasteiger partial charge in [-0.3, -0.25) is 0 Å². The van der Waals surface area contributed by atoms with E-state index in [0.29, 0.717) is 12.1 Å². The van der Waals surface area contributed by atoms with Crippen LogP contribution in [-0.4, -0.2) is 25.2 Å². The van der Waals surface area contributed by atoms with E-state index in [2.05, 4.69) is 65.1 Å². The highest BCUT2D eigenvalue weighted by Crippen LogP contribution is 2.26. The highest BCUT2D eigenvalue weighted by atomic mass is 79.9. The lowest BCUT2D eigenvalue weighted by Gasteiger charge is -2.40. The molecule has 1 saturated heterocycles. The van der Waals surface area contributed by atoms with Crippen molar-refractivity contribution in [3.63, 3.8) is 0 Å². The first-order valence-electron chi connectivity index (χ1n) is 6.88. The molecule has 0 aliphatic carbocycles. The Balaban J connectivity index is 2.16. The molecule has 1 aliphatic rings. The van der Waals surface area contributed by atoms with Crippen LogP contribution in [0.1, 0.15) is 32.3 Å². The molecule has 100 valence electrons. The smallest absolute Gasteiger partial charge is 0.0387 e. The number of anilines is 1. The standard InChI is InChI=1S/C15H23BrN2/c1-4-5-13-10-18(12(3)9-17-13)14-6-7-15(16)11(2)8-14/h6-8,12-13,17H,4-5,9-10H2,1-3H3. The van der Waals surface area contributed by atoms with Crippen molar-refractivity contribution in [3.05, 3.63) is 28.2 Å². The van der Waals surface area contributed by atoms with Gasteiger partial charge in [0.05, 0.1) is 0 Å². The molecule has 2 nitrogen and oxygen atoms in total. The minimum absolute atomic E-state index is 0.568. The summed E-state index contributed by atoms with van der Waals surface area (Å²) < 4.78 is 1.19. The summed E-state index contributed by atoms with van der Waals surface area (Å²) in [5.74, 6) is 0. The maximum atomic E-state index is 3.64. The lowest BCUT2D eigenvalue weighted by Crippen LogP contribution is -2.55. The van der Waals surface area contributed by atoms with Crippen molar-refractivity contribution in [2.24, 2.45) is 0 Å². The van der Waals surface area contributed by atoms with Gasteiger partial charge in [0.1, 0.15) is 0 Å². The molecule has 0 bridgehead atoms. The van der Waals surface area contributed by atoms with E-state index in [1.165, 1.54) is 28.6 Å². The number of aryl methyl sites for hydroxylation is 1. The van der Waals surface area contributed by atoms with Crippen molar-refractivity contribution in [2.75, 3.05) is 18.0 Å². The van der Waals surface area contributed by atoms with Crippen LogP contribution in [0, 0.1) is 6.92 Å². The lowest BCUT2D eigenvalue weighted by atomic mass is 10.0. The third-order valence-corrected chi connectivity index (χ3v) is 4.65. The summed E-state index contributed by atoms with van der Waals surface area (Å²) in [6.07, 6.45) is 2.51. The Kier molecular flexibility index (Phi) is 4.68. The summed E-state index contributed by atoms with van der Waals surface area (Å²) in [7, 11) is 0. The Labute approximate surface area is 119 Å². The minimum atomic E-state index is 0.568. The maximum absolute atomic E-state index is 3.64. The molecule has 1 aromatic carbocycles. The Morgan fingerprint density at radius 2 is 2.22 bits per heavy atom. The van der Waals surface area contributed by atoms with Crippen LogP contribution in [0.15, 0.2) is 22.7 Å². The lowest BCUT2D eigenvalue weighted by molar-refractivity contribution is 0.386. The molecule has 2 atom stereocenters. The molecule has 1 aliphatic heterocycles. The van der Waals surface area contributed by atoms with Crippen molar-refractivity contribution in [3.8, 4) is 0 Å². The van der Waals surface area contributed by atoms with Crippen LogP contribution < -0.4 is 10.2 Å². The van der Waals surface area contributed by atoms with Gasteiger partial charge in [0, 0.05) is 35.3 Å². The van der Waals surface area contributed by atoms with Crippen molar-refractivity contribution < 1.29 is 0 Å². The fourth-order valence-electron chi connectivity index (χ4n) is 2.64. The topological polar surface area (TPSA) is 15.3 Å². The zero-order chi connectivity index (χ0) is 13.1. The number of rotatable bonds is 3. The second-order valence-corrected chi connectivity index (χ2v) is 6.18. The van der Waals surface area contributed by atoms with Gasteiger partial charge in [0.15, 0.2) is 0 Å². The van der Waals surface area contributed by atoms with Gasteiger partial charge >= 0.3 is 0 Å². The van der Waals surface area contributed by atoms with Crippen LogP contribution in [0.25, 0.3) is 0 Å². The third kappa shape index (κ3) is 3.07. The number of nitrogens with one attached hydrogen (secondary N) is 1. The van der Waals surface area contributed by atoms with Gasteiger partial charge < -0.3 is 10.2 Å². The zero-order valence-electron chi connectivity index (χ0n) is 11.5. The van der Waals surface area contributed by atoms with Crippen molar-refractivity contribution >= 4 is 21.6 Å². The van der Waals surface area contributed by atoms with Crippen LogP contribution in [0.5, 0.6) is 0 Å². The Hall–Kier alpha value is -0.540. The van der Waals surface area contributed by atoms with Crippen LogP contribution >= 0.6 is 15.9 Å². The predicted molar refractivity (Wildman–Crippen MR) is 82.4 cm³/mol. The van der Waals surface area contributed by atoms with Gasteiger partial charge in [0.25, 0.3) is 0 Å². The first-order valence-corrected chi connectivity index (χ1v) is 7.67. The summed E-state index contributed by atoms with van der Waals surface area (Å²) in [5, 5.41) is 3.64. The van der Waals surface area contributed by atoms with E-state index in [4.69, 9.17) is 0 Å². The van der Waals surface area contributed by atoms with E-state index in [1.54, 1.807) is 0 Å². The molecule has 2 rings (SSSR count). The molecule has 0 saturated carbocycles. The van der Waals surface area contributed by atoms with E-state index < -0.39 is 0 Å². The number of piperazine rings is 1. The maximum Gasteiger partial charge on any atom is 0.0387 e. The number of hydrogen-bond donors (Lipinski definition) is 1. The first-order chi connectivity index (χ1) is 8.61. The van der Waals surface area contributed by atoms with Gasteiger partial charge in [-0.15, -0.1) is 0 Å². The van der Waals surface area contributed by atoms with Gasteiger partial charge in [-0.1, -0.05) is 29.3 Å². The molecule has 1 N–H and O–H groups in total. The van der Waals surface area contributed by atoms with E-state index in [0.717, 1.165) is 13.1 Å². The van der Waals surface area contributed by atoms with E-state index in [-0.39, 0.29) is 0 Å². The molecule has 1 fully saturated rings. The summed E-state index contributed by atoms with van der Waals surface area (Å²) in [6.45, 7) is 8.92. The van der Waals surface area contributed by atoms with Crippen molar-refractivity contribution in [1.82, 2.24) is 5.32 Å². The molecule has 0 aromatic heterocycles.